The Labute approximate surface area is 112 Å². The third-order valence-electron chi connectivity index (χ3n) is 4.07. The smallest absolute Gasteiger partial charge is 0.274 e. The zero-order valence-electron chi connectivity index (χ0n) is 10.9. The second kappa shape index (κ2) is 5.27. The van der Waals surface area contributed by atoms with Gasteiger partial charge in [-0.25, -0.2) is 0 Å². The molecule has 1 saturated heterocycles. The van der Waals surface area contributed by atoms with Crippen molar-refractivity contribution in [3.63, 3.8) is 0 Å². The first-order valence-corrected chi connectivity index (χ1v) is 6.95. The lowest BCUT2D eigenvalue weighted by Crippen LogP contribution is -2.45. The van der Waals surface area contributed by atoms with Crippen molar-refractivity contribution in [2.45, 2.75) is 18.9 Å². The van der Waals surface area contributed by atoms with Gasteiger partial charge in [-0.15, -0.1) is 0 Å². The van der Waals surface area contributed by atoms with Gasteiger partial charge in [0, 0.05) is 43.9 Å². The molecule has 0 aromatic heterocycles. The number of nitrogens with zero attached hydrogens (tertiary/aromatic N) is 2. The molecule has 0 spiro atoms. The van der Waals surface area contributed by atoms with Crippen molar-refractivity contribution >= 4 is 5.69 Å². The van der Waals surface area contributed by atoms with Gasteiger partial charge >= 0.3 is 0 Å². The van der Waals surface area contributed by atoms with Crippen molar-refractivity contribution < 1.29 is 4.92 Å². The van der Waals surface area contributed by atoms with Crippen molar-refractivity contribution in [1.29, 1.82) is 0 Å². The zero-order valence-corrected chi connectivity index (χ0v) is 10.9. The van der Waals surface area contributed by atoms with E-state index in [-0.39, 0.29) is 16.7 Å². The Morgan fingerprint density at radius 2 is 1.95 bits per heavy atom. The largest absolute Gasteiger partial charge is 0.314 e. The minimum absolute atomic E-state index is 0.226. The normalized spacial score (nSPS) is 22.1. The summed E-state index contributed by atoms with van der Waals surface area (Å²) in [6.45, 7) is 3.91. The fourth-order valence-electron chi connectivity index (χ4n) is 3.02. The molecule has 2 fully saturated rings. The summed E-state index contributed by atoms with van der Waals surface area (Å²) in [4.78, 5) is 13.4. The topological polar surface area (TPSA) is 58.4 Å². The van der Waals surface area contributed by atoms with E-state index >= 15 is 0 Å². The molecular weight excluding hydrogens is 242 g/mol. The summed E-state index contributed by atoms with van der Waals surface area (Å²) >= 11 is 0. The van der Waals surface area contributed by atoms with Crippen LogP contribution in [-0.4, -0.2) is 36.0 Å². The molecule has 102 valence electrons. The van der Waals surface area contributed by atoms with Crippen LogP contribution in [-0.2, 0) is 0 Å². The summed E-state index contributed by atoms with van der Waals surface area (Å²) in [6.07, 6.45) is 2.39. The lowest BCUT2D eigenvalue weighted by Gasteiger charge is -2.35. The van der Waals surface area contributed by atoms with Crippen molar-refractivity contribution in [3.05, 3.63) is 39.9 Å². The molecule has 5 heteroatoms. The summed E-state index contributed by atoms with van der Waals surface area (Å²) in [5.41, 5.74) is 1.18. The number of nitrogens with one attached hydrogen (secondary N) is 1. The van der Waals surface area contributed by atoms with Crippen LogP contribution in [0.25, 0.3) is 0 Å². The lowest BCUT2D eigenvalue weighted by atomic mass is 9.98. The van der Waals surface area contributed by atoms with Gasteiger partial charge in [-0.2, -0.15) is 0 Å². The summed E-state index contributed by atoms with van der Waals surface area (Å²) in [7, 11) is 0. The zero-order chi connectivity index (χ0) is 13.2. The summed E-state index contributed by atoms with van der Waals surface area (Å²) in [5.74, 6) is 0.596. The average molecular weight is 261 g/mol. The number of nitro benzene ring substituents is 1. The van der Waals surface area contributed by atoms with E-state index in [0.29, 0.717) is 5.92 Å². The van der Waals surface area contributed by atoms with Gasteiger partial charge in [0.25, 0.3) is 5.69 Å². The van der Waals surface area contributed by atoms with Gasteiger partial charge in [0.05, 0.1) is 4.92 Å². The Bertz CT molecular complexity index is 468. The molecule has 0 amide bonds. The molecule has 3 rings (SSSR count). The average Bonchev–Trinajstić information content (AvgIpc) is 3.25. The molecule has 1 heterocycles. The van der Waals surface area contributed by atoms with E-state index in [9.17, 15) is 10.1 Å². The highest BCUT2D eigenvalue weighted by Gasteiger charge is 2.39. The third-order valence-corrected chi connectivity index (χ3v) is 4.07. The number of para-hydroxylation sites is 1. The minimum atomic E-state index is -0.243. The van der Waals surface area contributed by atoms with Gasteiger partial charge in [-0.1, -0.05) is 18.2 Å². The number of benzene rings is 1. The minimum Gasteiger partial charge on any atom is -0.314 e. The maximum Gasteiger partial charge on any atom is 0.274 e. The molecule has 0 bridgehead atoms. The third kappa shape index (κ3) is 2.62. The number of nitro groups is 1. The van der Waals surface area contributed by atoms with Gasteiger partial charge in [0.2, 0.25) is 0 Å². The van der Waals surface area contributed by atoms with Crippen LogP contribution in [0, 0.1) is 16.0 Å². The van der Waals surface area contributed by atoms with Crippen LogP contribution < -0.4 is 5.32 Å². The maximum absolute atomic E-state index is 11.2. The van der Waals surface area contributed by atoms with Crippen LogP contribution in [0.5, 0.6) is 0 Å². The highest BCUT2D eigenvalue weighted by atomic mass is 16.6. The first kappa shape index (κ1) is 12.6. The highest BCUT2D eigenvalue weighted by Crippen LogP contribution is 2.46. The SMILES string of the molecule is O=[N+]([O-])c1ccccc1[C@@H](C1CC1)N1CCNCC1. The van der Waals surface area contributed by atoms with E-state index in [1.165, 1.54) is 12.8 Å². The summed E-state index contributed by atoms with van der Waals surface area (Å²) in [6, 6.07) is 7.46. The van der Waals surface area contributed by atoms with Gasteiger partial charge in [0.1, 0.15) is 0 Å². The molecule has 5 nitrogen and oxygen atoms in total. The molecular formula is C14H19N3O2. The quantitative estimate of drug-likeness (QED) is 0.665. The van der Waals surface area contributed by atoms with Crippen molar-refractivity contribution in [1.82, 2.24) is 10.2 Å². The molecule has 2 aliphatic rings. The standard InChI is InChI=1S/C14H19N3O2/c18-17(19)13-4-2-1-3-12(13)14(11-5-6-11)16-9-7-15-8-10-16/h1-4,11,14-15H,5-10H2/t14-/m1/s1. The Morgan fingerprint density at radius 1 is 1.26 bits per heavy atom. The van der Waals surface area contributed by atoms with Crippen LogP contribution >= 0.6 is 0 Å². The number of piperazine rings is 1. The maximum atomic E-state index is 11.2. The Balaban J connectivity index is 1.93. The van der Waals surface area contributed by atoms with Gasteiger partial charge in [-0.3, -0.25) is 15.0 Å². The van der Waals surface area contributed by atoms with Crippen LogP contribution in [0.15, 0.2) is 24.3 Å². The van der Waals surface area contributed by atoms with Crippen molar-refractivity contribution in [3.8, 4) is 0 Å². The van der Waals surface area contributed by atoms with Crippen LogP contribution in [0.4, 0.5) is 5.69 Å². The Hall–Kier alpha value is -1.46. The molecule has 1 saturated carbocycles. The molecule has 1 atom stereocenters. The second-order valence-corrected chi connectivity index (χ2v) is 5.38. The molecule has 1 aliphatic carbocycles. The fraction of sp³-hybridized carbons (Fsp3) is 0.571. The highest BCUT2D eigenvalue weighted by molar-refractivity contribution is 5.43. The molecule has 1 aliphatic heterocycles. The van der Waals surface area contributed by atoms with E-state index in [0.717, 1.165) is 31.7 Å². The first-order valence-electron chi connectivity index (χ1n) is 6.95. The van der Waals surface area contributed by atoms with E-state index in [1.807, 2.05) is 12.1 Å². The predicted octanol–water partition coefficient (Wildman–Crippen LogP) is 1.95. The van der Waals surface area contributed by atoms with E-state index in [1.54, 1.807) is 12.1 Å². The molecule has 1 aromatic carbocycles. The second-order valence-electron chi connectivity index (χ2n) is 5.38. The number of hydrogen-bond donors (Lipinski definition) is 1. The fourth-order valence-corrected chi connectivity index (χ4v) is 3.02. The molecule has 1 aromatic rings. The summed E-state index contributed by atoms with van der Waals surface area (Å²) in [5, 5.41) is 14.6. The number of hydrogen-bond acceptors (Lipinski definition) is 4. The monoisotopic (exact) mass is 261 g/mol. The molecule has 0 unspecified atom stereocenters. The van der Waals surface area contributed by atoms with Gasteiger partial charge in [0.15, 0.2) is 0 Å². The molecule has 19 heavy (non-hydrogen) atoms. The predicted molar refractivity (Wildman–Crippen MR) is 73.0 cm³/mol. The van der Waals surface area contributed by atoms with E-state index < -0.39 is 0 Å². The van der Waals surface area contributed by atoms with Crippen molar-refractivity contribution in [2.75, 3.05) is 26.2 Å². The molecule has 1 N–H and O–H groups in total. The van der Waals surface area contributed by atoms with Crippen LogP contribution in [0.2, 0.25) is 0 Å². The Kier molecular flexibility index (Phi) is 3.48. The van der Waals surface area contributed by atoms with Crippen molar-refractivity contribution in [2.24, 2.45) is 5.92 Å². The van der Waals surface area contributed by atoms with Crippen LogP contribution in [0.1, 0.15) is 24.4 Å². The lowest BCUT2D eigenvalue weighted by molar-refractivity contribution is -0.386. The first-order chi connectivity index (χ1) is 9.27. The van der Waals surface area contributed by atoms with Crippen LogP contribution in [0.3, 0.4) is 0 Å². The Morgan fingerprint density at radius 3 is 2.58 bits per heavy atom. The van der Waals surface area contributed by atoms with E-state index in [4.69, 9.17) is 0 Å². The molecule has 0 radical (unpaired) electrons. The number of rotatable bonds is 4. The summed E-state index contributed by atoms with van der Waals surface area (Å²) < 4.78 is 0. The van der Waals surface area contributed by atoms with Gasteiger partial charge in [-0.05, 0) is 18.8 Å². The van der Waals surface area contributed by atoms with Gasteiger partial charge < -0.3 is 5.32 Å². The van der Waals surface area contributed by atoms with E-state index in [2.05, 4.69) is 10.2 Å².